The molecule has 2 N–H and O–H groups in total. The number of anilines is 1. The number of nitrogens with zero attached hydrogens (tertiary/aromatic N) is 3. The fourth-order valence-electron chi connectivity index (χ4n) is 2.54. The van der Waals surface area contributed by atoms with Gasteiger partial charge in [-0.2, -0.15) is 0 Å². The van der Waals surface area contributed by atoms with E-state index in [4.69, 9.17) is 5.11 Å². The molecule has 1 fully saturated rings. The highest BCUT2D eigenvalue weighted by Gasteiger charge is 2.33. The monoisotopic (exact) mass is 258 g/mol. The first-order chi connectivity index (χ1) is 9.24. The highest BCUT2D eigenvalue weighted by atomic mass is 16.4. The Morgan fingerprint density at radius 2 is 2.00 bits per heavy atom. The lowest BCUT2D eigenvalue weighted by Gasteiger charge is -2.17. The lowest BCUT2D eigenvalue weighted by atomic mass is 10.0. The summed E-state index contributed by atoms with van der Waals surface area (Å²) < 4.78 is 0. The van der Waals surface area contributed by atoms with E-state index in [1.807, 2.05) is 24.3 Å². The summed E-state index contributed by atoms with van der Waals surface area (Å²) in [6.45, 7) is 0. The number of rotatable bonds is 3. The van der Waals surface area contributed by atoms with Crippen LogP contribution in [0.1, 0.15) is 19.3 Å². The van der Waals surface area contributed by atoms with Gasteiger partial charge in [-0.3, -0.25) is 4.79 Å². The second-order valence-corrected chi connectivity index (χ2v) is 4.75. The molecule has 2 atom stereocenters. The van der Waals surface area contributed by atoms with Gasteiger partial charge < -0.3 is 10.4 Å². The van der Waals surface area contributed by atoms with Crippen molar-refractivity contribution in [1.82, 2.24) is 15.2 Å². The van der Waals surface area contributed by atoms with Crippen molar-refractivity contribution in [3.8, 4) is 0 Å². The first-order valence-electron chi connectivity index (χ1n) is 6.33. The number of aliphatic carboxylic acids is 1. The van der Waals surface area contributed by atoms with Crippen LogP contribution < -0.4 is 5.32 Å². The van der Waals surface area contributed by atoms with Crippen LogP contribution in [-0.2, 0) is 4.79 Å². The highest BCUT2D eigenvalue weighted by molar-refractivity contribution is 5.74. The number of carboxylic acid groups (broad SMARTS) is 1. The molecule has 6 nitrogen and oxygen atoms in total. The number of para-hydroxylation sites is 1. The molecular weight excluding hydrogens is 244 g/mol. The van der Waals surface area contributed by atoms with Crippen LogP contribution in [0, 0.1) is 5.92 Å². The predicted molar refractivity (Wildman–Crippen MR) is 69.7 cm³/mol. The molecule has 0 bridgehead atoms. The van der Waals surface area contributed by atoms with Crippen molar-refractivity contribution in [1.29, 1.82) is 0 Å². The van der Waals surface area contributed by atoms with E-state index in [2.05, 4.69) is 20.5 Å². The Morgan fingerprint density at radius 3 is 2.79 bits per heavy atom. The Bertz CT molecular complexity index is 616. The highest BCUT2D eigenvalue weighted by Crippen LogP contribution is 2.28. The largest absolute Gasteiger partial charge is 0.481 e. The summed E-state index contributed by atoms with van der Waals surface area (Å²) in [6, 6.07) is 7.35. The van der Waals surface area contributed by atoms with Gasteiger partial charge in [0.2, 0.25) is 5.95 Å². The molecule has 98 valence electrons. The molecule has 1 aliphatic carbocycles. The topological polar surface area (TPSA) is 88.0 Å². The van der Waals surface area contributed by atoms with Crippen molar-refractivity contribution in [2.75, 3.05) is 5.32 Å². The number of aromatic nitrogens is 3. The third-order valence-electron chi connectivity index (χ3n) is 3.51. The molecule has 0 amide bonds. The van der Waals surface area contributed by atoms with Gasteiger partial charge in [0.15, 0.2) is 0 Å². The van der Waals surface area contributed by atoms with Crippen LogP contribution in [0.4, 0.5) is 5.95 Å². The fourth-order valence-corrected chi connectivity index (χ4v) is 2.54. The smallest absolute Gasteiger partial charge is 0.308 e. The van der Waals surface area contributed by atoms with Gasteiger partial charge >= 0.3 is 5.97 Å². The van der Waals surface area contributed by atoms with E-state index in [9.17, 15) is 4.79 Å². The number of benzene rings is 1. The summed E-state index contributed by atoms with van der Waals surface area (Å²) in [7, 11) is 0. The molecule has 0 saturated heterocycles. The van der Waals surface area contributed by atoms with Gasteiger partial charge in [0.1, 0.15) is 5.52 Å². The van der Waals surface area contributed by atoms with Crippen molar-refractivity contribution < 1.29 is 9.90 Å². The summed E-state index contributed by atoms with van der Waals surface area (Å²) >= 11 is 0. The number of fused-ring (bicyclic) bond motifs is 1. The molecule has 6 heteroatoms. The van der Waals surface area contributed by atoms with E-state index in [-0.39, 0.29) is 12.0 Å². The summed E-state index contributed by atoms with van der Waals surface area (Å²) in [4.78, 5) is 15.5. The molecule has 0 aliphatic heterocycles. The zero-order valence-electron chi connectivity index (χ0n) is 10.3. The quantitative estimate of drug-likeness (QED) is 0.871. The summed E-state index contributed by atoms with van der Waals surface area (Å²) in [5, 5.41) is 20.3. The number of hydrogen-bond acceptors (Lipinski definition) is 5. The van der Waals surface area contributed by atoms with Crippen molar-refractivity contribution in [2.24, 2.45) is 5.92 Å². The van der Waals surface area contributed by atoms with E-state index in [0.717, 1.165) is 23.9 Å². The Labute approximate surface area is 109 Å². The lowest BCUT2D eigenvalue weighted by molar-refractivity contribution is -0.141. The summed E-state index contributed by atoms with van der Waals surface area (Å²) in [5.74, 6) is -0.726. The molecule has 3 rings (SSSR count). The van der Waals surface area contributed by atoms with Crippen LogP contribution in [0.5, 0.6) is 0 Å². The maximum atomic E-state index is 11.1. The number of carboxylic acids is 1. The van der Waals surface area contributed by atoms with Crippen LogP contribution in [-0.4, -0.2) is 32.3 Å². The minimum atomic E-state index is -0.760. The third-order valence-corrected chi connectivity index (χ3v) is 3.51. The average molecular weight is 258 g/mol. The Balaban J connectivity index is 1.83. The van der Waals surface area contributed by atoms with Gasteiger partial charge in [0, 0.05) is 6.04 Å². The molecule has 1 heterocycles. The summed E-state index contributed by atoms with van der Waals surface area (Å²) in [5.41, 5.74) is 1.49. The molecule has 0 radical (unpaired) electrons. The minimum Gasteiger partial charge on any atom is -0.481 e. The zero-order valence-corrected chi connectivity index (χ0v) is 10.3. The normalized spacial score (nSPS) is 22.5. The van der Waals surface area contributed by atoms with E-state index in [1.165, 1.54) is 0 Å². The van der Waals surface area contributed by atoms with Gasteiger partial charge in [0.25, 0.3) is 0 Å². The molecule has 1 aromatic carbocycles. The maximum absolute atomic E-state index is 11.1. The second-order valence-electron chi connectivity index (χ2n) is 4.75. The molecule has 1 aromatic heterocycles. The van der Waals surface area contributed by atoms with Crippen LogP contribution in [0.3, 0.4) is 0 Å². The van der Waals surface area contributed by atoms with Crippen LogP contribution in [0.15, 0.2) is 24.3 Å². The van der Waals surface area contributed by atoms with E-state index < -0.39 is 5.97 Å². The van der Waals surface area contributed by atoms with Crippen molar-refractivity contribution in [3.05, 3.63) is 24.3 Å². The second kappa shape index (κ2) is 4.79. The molecule has 0 spiro atoms. The third kappa shape index (κ3) is 2.33. The van der Waals surface area contributed by atoms with Crippen LogP contribution in [0.25, 0.3) is 11.0 Å². The van der Waals surface area contributed by atoms with Crippen molar-refractivity contribution in [3.63, 3.8) is 0 Å². The molecule has 1 aliphatic rings. The van der Waals surface area contributed by atoms with E-state index in [1.54, 1.807) is 0 Å². The van der Waals surface area contributed by atoms with Gasteiger partial charge in [-0.05, 0) is 25.0 Å². The summed E-state index contributed by atoms with van der Waals surface area (Å²) in [6.07, 6.45) is 2.44. The van der Waals surface area contributed by atoms with Gasteiger partial charge in [0.05, 0.1) is 11.4 Å². The van der Waals surface area contributed by atoms with Crippen molar-refractivity contribution >= 4 is 23.0 Å². The fraction of sp³-hybridized carbons (Fsp3) is 0.385. The molecule has 2 aromatic rings. The van der Waals surface area contributed by atoms with Gasteiger partial charge in [-0.15, -0.1) is 10.2 Å². The molecule has 2 unspecified atom stereocenters. The standard InChI is InChI=1S/C13H14N4O2/c18-12(19)8-4-3-7-9(8)14-13-15-10-5-1-2-6-11(10)16-17-13/h1-2,5-6,8-9H,3-4,7H2,(H,18,19)(H,14,15,17). The Hall–Kier alpha value is -2.24. The van der Waals surface area contributed by atoms with E-state index >= 15 is 0 Å². The Morgan fingerprint density at radius 1 is 1.21 bits per heavy atom. The average Bonchev–Trinajstić information content (AvgIpc) is 2.87. The molecular formula is C13H14N4O2. The molecule has 19 heavy (non-hydrogen) atoms. The molecule has 1 saturated carbocycles. The van der Waals surface area contributed by atoms with Crippen LogP contribution in [0.2, 0.25) is 0 Å². The Kier molecular flexibility index (Phi) is 2.98. The number of carbonyl (C=O) groups is 1. The predicted octanol–water partition coefficient (Wildman–Crippen LogP) is 1.69. The first kappa shape index (κ1) is 11.8. The van der Waals surface area contributed by atoms with Crippen LogP contribution >= 0.6 is 0 Å². The maximum Gasteiger partial charge on any atom is 0.308 e. The number of nitrogens with one attached hydrogen (secondary N) is 1. The van der Waals surface area contributed by atoms with Gasteiger partial charge in [-0.25, -0.2) is 4.98 Å². The minimum absolute atomic E-state index is 0.111. The van der Waals surface area contributed by atoms with E-state index in [0.29, 0.717) is 12.4 Å². The van der Waals surface area contributed by atoms with Gasteiger partial charge in [-0.1, -0.05) is 18.6 Å². The van der Waals surface area contributed by atoms with Crippen molar-refractivity contribution in [2.45, 2.75) is 25.3 Å². The lowest BCUT2D eigenvalue weighted by Crippen LogP contribution is -2.30. The first-order valence-corrected chi connectivity index (χ1v) is 6.33. The SMILES string of the molecule is O=C(O)C1CCCC1Nc1nnc2ccccc2n1. The zero-order chi connectivity index (χ0) is 13.2. The number of hydrogen-bond donors (Lipinski definition) is 2.